The van der Waals surface area contributed by atoms with Crippen molar-refractivity contribution in [2.24, 2.45) is 0 Å². The van der Waals surface area contributed by atoms with Gasteiger partial charge in [-0.2, -0.15) is 0 Å². The Balaban J connectivity index is 2.17. The van der Waals surface area contributed by atoms with Crippen molar-refractivity contribution in [2.75, 3.05) is 7.05 Å². The van der Waals surface area contributed by atoms with Gasteiger partial charge in [-0.15, -0.1) is 0 Å². The van der Waals surface area contributed by atoms with Gasteiger partial charge >= 0.3 is 0 Å². The molecular weight excluding hydrogens is 294 g/mol. The van der Waals surface area contributed by atoms with E-state index in [9.17, 15) is 4.79 Å². The molecule has 0 radical (unpaired) electrons. The minimum absolute atomic E-state index is 0.0818. The van der Waals surface area contributed by atoms with Crippen LogP contribution >= 0.6 is 0 Å². The van der Waals surface area contributed by atoms with Crippen molar-refractivity contribution < 1.29 is 4.79 Å². The van der Waals surface area contributed by atoms with Crippen molar-refractivity contribution in [3.8, 4) is 11.1 Å². The summed E-state index contributed by atoms with van der Waals surface area (Å²) in [6, 6.07) is 22.7. The summed E-state index contributed by atoms with van der Waals surface area (Å²) in [4.78, 5) is 14.9. The molecule has 0 saturated heterocycles. The molecule has 1 atom stereocenters. The van der Waals surface area contributed by atoms with E-state index in [1.807, 2.05) is 54.4 Å². The summed E-state index contributed by atoms with van der Waals surface area (Å²) in [5.41, 5.74) is 2.98. The van der Waals surface area contributed by atoms with E-state index in [1.165, 1.54) is 0 Å². The summed E-state index contributed by atoms with van der Waals surface area (Å²) in [6.45, 7) is 4.19. The summed E-state index contributed by atoms with van der Waals surface area (Å²) in [6.07, 6.45) is 0.943. The predicted octanol–water partition coefficient (Wildman–Crippen LogP) is 5.38. The van der Waals surface area contributed by atoms with Gasteiger partial charge in [0.2, 0.25) is 0 Å². The molecule has 0 aliphatic rings. The number of carbonyl (C=O) groups excluding carboxylic acids is 1. The first kappa shape index (κ1) is 16.3. The maximum Gasteiger partial charge on any atom is 0.254 e. The molecule has 1 amide bonds. The largest absolute Gasteiger partial charge is 0.339 e. The number of amides is 1. The van der Waals surface area contributed by atoms with Crippen LogP contribution in [-0.2, 0) is 0 Å². The molecule has 3 aromatic rings. The molecule has 0 aliphatic carbocycles. The third-order valence-electron chi connectivity index (χ3n) is 4.77. The quantitative estimate of drug-likeness (QED) is 0.633. The van der Waals surface area contributed by atoms with Crippen LogP contribution in [0.3, 0.4) is 0 Å². The Bertz CT molecular complexity index is 854. The van der Waals surface area contributed by atoms with Crippen molar-refractivity contribution in [2.45, 2.75) is 26.3 Å². The first-order valence-electron chi connectivity index (χ1n) is 8.47. The zero-order valence-corrected chi connectivity index (χ0v) is 14.5. The van der Waals surface area contributed by atoms with Gasteiger partial charge in [-0.05, 0) is 47.4 Å². The van der Waals surface area contributed by atoms with Crippen LogP contribution in [0.25, 0.3) is 21.9 Å². The molecule has 2 nitrogen and oxygen atoms in total. The van der Waals surface area contributed by atoms with Gasteiger partial charge in [-0.3, -0.25) is 4.79 Å². The van der Waals surface area contributed by atoms with E-state index >= 15 is 0 Å². The Kier molecular flexibility index (Phi) is 4.66. The lowest BCUT2D eigenvalue weighted by Gasteiger charge is -2.25. The van der Waals surface area contributed by atoms with E-state index in [1.54, 1.807) is 0 Å². The van der Waals surface area contributed by atoms with Crippen LogP contribution in [0.5, 0.6) is 0 Å². The van der Waals surface area contributed by atoms with Gasteiger partial charge in [0.1, 0.15) is 0 Å². The van der Waals surface area contributed by atoms with Crippen molar-refractivity contribution in [3.63, 3.8) is 0 Å². The van der Waals surface area contributed by atoms with Crippen LogP contribution in [-0.4, -0.2) is 23.9 Å². The number of benzene rings is 3. The first-order valence-corrected chi connectivity index (χ1v) is 8.47. The van der Waals surface area contributed by atoms with Gasteiger partial charge in [0, 0.05) is 18.7 Å². The van der Waals surface area contributed by atoms with Gasteiger partial charge in [-0.1, -0.05) is 61.5 Å². The fourth-order valence-electron chi connectivity index (χ4n) is 2.95. The van der Waals surface area contributed by atoms with E-state index in [-0.39, 0.29) is 11.9 Å². The molecule has 0 saturated carbocycles. The topological polar surface area (TPSA) is 20.3 Å². The Morgan fingerprint density at radius 1 is 0.958 bits per heavy atom. The number of hydrogen-bond acceptors (Lipinski definition) is 1. The lowest BCUT2D eigenvalue weighted by atomic mass is 9.96. The summed E-state index contributed by atoms with van der Waals surface area (Å²) >= 11 is 0. The van der Waals surface area contributed by atoms with Gasteiger partial charge in [0.05, 0.1) is 0 Å². The Hall–Kier alpha value is -2.61. The number of nitrogens with zero attached hydrogens (tertiary/aromatic N) is 1. The van der Waals surface area contributed by atoms with E-state index in [4.69, 9.17) is 0 Å². The van der Waals surface area contributed by atoms with Crippen molar-refractivity contribution >= 4 is 16.7 Å². The van der Waals surface area contributed by atoms with Crippen LogP contribution in [0.15, 0.2) is 66.7 Å². The molecule has 0 spiro atoms. The molecule has 24 heavy (non-hydrogen) atoms. The van der Waals surface area contributed by atoms with Crippen LogP contribution < -0.4 is 0 Å². The summed E-state index contributed by atoms with van der Waals surface area (Å²) < 4.78 is 0. The Labute approximate surface area is 143 Å². The molecule has 3 aromatic carbocycles. The maximum absolute atomic E-state index is 13.1. The highest BCUT2D eigenvalue weighted by atomic mass is 16.2. The normalized spacial score (nSPS) is 12.1. The molecule has 0 N–H and O–H groups in total. The Morgan fingerprint density at radius 3 is 2.33 bits per heavy atom. The third-order valence-corrected chi connectivity index (χ3v) is 4.77. The molecular formula is C22H23NO. The molecule has 1 unspecified atom stereocenters. The molecule has 0 aromatic heterocycles. The number of fused-ring (bicyclic) bond motifs is 1. The molecule has 0 heterocycles. The minimum atomic E-state index is 0.0818. The number of hydrogen-bond donors (Lipinski definition) is 0. The molecule has 0 fully saturated rings. The van der Waals surface area contributed by atoms with Crippen LogP contribution in [0.4, 0.5) is 0 Å². The number of rotatable bonds is 4. The zero-order valence-electron chi connectivity index (χ0n) is 14.5. The maximum atomic E-state index is 13.1. The highest BCUT2D eigenvalue weighted by molar-refractivity contribution is 6.08. The lowest BCUT2D eigenvalue weighted by molar-refractivity contribution is 0.0742. The third kappa shape index (κ3) is 3.05. The molecule has 2 heteroatoms. The molecule has 3 rings (SSSR count). The SMILES string of the molecule is CCC(C)N(C)C(=O)c1cc(-c2ccccc2)cc2ccccc12. The second-order valence-corrected chi connectivity index (χ2v) is 6.28. The van der Waals surface area contributed by atoms with Gasteiger partial charge in [0.25, 0.3) is 5.91 Å². The highest BCUT2D eigenvalue weighted by Gasteiger charge is 2.19. The smallest absolute Gasteiger partial charge is 0.254 e. The molecule has 0 aliphatic heterocycles. The van der Waals surface area contributed by atoms with Crippen LogP contribution in [0.2, 0.25) is 0 Å². The van der Waals surface area contributed by atoms with Crippen molar-refractivity contribution in [1.29, 1.82) is 0 Å². The van der Waals surface area contributed by atoms with Crippen molar-refractivity contribution in [1.82, 2.24) is 4.90 Å². The average molecular weight is 317 g/mol. The summed E-state index contributed by atoms with van der Waals surface area (Å²) in [5.74, 6) is 0.0818. The van der Waals surface area contributed by atoms with Crippen LogP contribution in [0, 0.1) is 0 Å². The summed E-state index contributed by atoms with van der Waals surface area (Å²) in [5, 5.41) is 2.11. The zero-order chi connectivity index (χ0) is 17.1. The number of carbonyl (C=O) groups is 1. The standard InChI is InChI=1S/C22H23NO/c1-4-16(2)23(3)22(24)21-15-19(17-10-6-5-7-11-17)14-18-12-8-9-13-20(18)21/h5-16H,4H2,1-3H3. The van der Waals surface area contributed by atoms with Gasteiger partial charge in [0.15, 0.2) is 0 Å². The summed E-state index contributed by atoms with van der Waals surface area (Å²) in [7, 11) is 1.89. The van der Waals surface area contributed by atoms with E-state index in [0.29, 0.717) is 0 Å². The lowest BCUT2D eigenvalue weighted by Crippen LogP contribution is -2.34. The predicted molar refractivity (Wildman–Crippen MR) is 101 cm³/mol. The highest BCUT2D eigenvalue weighted by Crippen LogP contribution is 2.29. The monoisotopic (exact) mass is 317 g/mol. The van der Waals surface area contributed by atoms with Crippen molar-refractivity contribution in [3.05, 3.63) is 72.3 Å². The van der Waals surface area contributed by atoms with Gasteiger partial charge < -0.3 is 4.90 Å². The minimum Gasteiger partial charge on any atom is -0.339 e. The fraction of sp³-hybridized carbons (Fsp3) is 0.227. The van der Waals surface area contributed by atoms with E-state index in [0.717, 1.165) is 33.9 Å². The van der Waals surface area contributed by atoms with E-state index < -0.39 is 0 Å². The second kappa shape index (κ2) is 6.88. The fourth-order valence-corrected chi connectivity index (χ4v) is 2.95. The van der Waals surface area contributed by atoms with Gasteiger partial charge in [-0.25, -0.2) is 0 Å². The molecule has 122 valence electrons. The first-order chi connectivity index (χ1) is 11.6. The second-order valence-electron chi connectivity index (χ2n) is 6.28. The molecule has 0 bridgehead atoms. The van der Waals surface area contributed by atoms with E-state index in [2.05, 4.69) is 38.1 Å². The van der Waals surface area contributed by atoms with Crippen LogP contribution in [0.1, 0.15) is 30.6 Å². The Morgan fingerprint density at radius 2 is 1.62 bits per heavy atom. The average Bonchev–Trinajstić information content (AvgIpc) is 2.66.